The third-order valence-electron chi connectivity index (χ3n) is 2.81. The van der Waals surface area contributed by atoms with Crippen molar-refractivity contribution in [3.05, 3.63) is 63.2 Å². The fraction of sp³-hybridized carbons (Fsp3) is 0.267. The van der Waals surface area contributed by atoms with Crippen LogP contribution in [0.3, 0.4) is 0 Å². The van der Waals surface area contributed by atoms with E-state index in [-0.39, 0.29) is 23.5 Å². The normalized spacial score (nSPS) is 10.5. The van der Waals surface area contributed by atoms with E-state index in [0.29, 0.717) is 6.61 Å². The minimum absolute atomic E-state index is 0.154. The van der Waals surface area contributed by atoms with Crippen LogP contribution >= 0.6 is 11.6 Å². The summed E-state index contributed by atoms with van der Waals surface area (Å²) in [5, 5.41) is 9.57. The Morgan fingerprint density at radius 2 is 2.10 bits per heavy atom. The number of hydrogen-bond donors (Lipinski definition) is 1. The van der Waals surface area contributed by atoms with Crippen LogP contribution in [0.1, 0.15) is 17.7 Å². The van der Waals surface area contributed by atoms with Crippen LogP contribution in [0.15, 0.2) is 45.8 Å². The number of rotatable bonds is 6. The summed E-state index contributed by atoms with van der Waals surface area (Å²) in [6, 6.07) is 8.86. The Morgan fingerprint density at radius 3 is 2.80 bits per heavy atom. The zero-order valence-corrected chi connectivity index (χ0v) is 11.6. The first kappa shape index (κ1) is 14.6. The summed E-state index contributed by atoms with van der Waals surface area (Å²) in [6.07, 6.45) is 2.74. The lowest BCUT2D eigenvalue weighted by atomic mass is 10.1. The van der Waals surface area contributed by atoms with Crippen LogP contribution in [0, 0.1) is 0 Å². The molecule has 0 fully saturated rings. The van der Waals surface area contributed by atoms with Gasteiger partial charge >= 0.3 is 0 Å². The van der Waals surface area contributed by atoms with E-state index >= 15 is 0 Å². The topological polar surface area (TPSA) is 59.7 Å². The van der Waals surface area contributed by atoms with Gasteiger partial charge in [0, 0.05) is 11.1 Å². The minimum atomic E-state index is -0.304. The van der Waals surface area contributed by atoms with Crippen molar-refractivity contribution in [1.29, 1.82) is 0 Å². The van der Waals surface area contributed by atoms with Gasteiger partial charge < -0.3 is 14.3 Å². The zero-order valence-electron chi connectivity index (χ0n) is 10.8. The van der Waals surface area contributed by atoms with Gasteiger partial charge in [-0.15, -0.1) is 0 Å². The molecule has 0 aliphatic rings. The molecule has 1 N–H and O–H groups in total. The first-order chi connectivity index (χ1) is 9.70. The van der Waals surface area contributed by atoms with Gasteiger partial charge in [-0.3, -0.25) is 4.79 Å². The molecule has 0 saturated carbocycles. The van der Waals surface area contributed by atoms with Crippen LogP contribution in [0.25, 0.3) is 0 Å². The van der Waals surface area contributed by atoms with Crippen LogP contribution in [-0.2, 0) is 13.0 Å². The molecule has 2 rings (SSSR count). The van der Waals surface area contributed by atoms with Gasteiger partial charge in [0.15, 0.2) is 0 Å². The predicted octanol–water partition coefficient (Wildman–Crippen LogP) is 2.80. The molecule has 1 heterocycles. The first-order valence-electron chi connectivity index (χ1n) is 6.29. The van der Waals surface area contributed by atoms with E-state index < -0.39 is 0 Å². The summed E-state index contributed by atoms with van der Waals surface area (Å²) in [6.45, 7) is 0.0937. The quantitative estimate of drug-likeness (QED) is 0.832. The molecule has 5 heteroatoms. The van der Waals surface area contributed by atoms with Gasteiger partial charge in [-0.25, -0.2) is 0 Å². The van der Waals surface area contributed by atoms with E-state index in [1.54, 1.807) is 0 Å². The minimum Gasteiger partial charge on any atom is -0.487 e. The molecule has 0 aliphatic heterocycles. The van der Waals surface area contributed by atoms with E-state index in [9.17, 15) is 4.79 Å². The number of hydrogen-bond acceptors (Lipinski definition) is 4. The fourth-order valence-corrected chi connectivity index (χ4v) is 2.00. The number of aliphatic hydroxyl groups excluding tert-OH is 1. The average Bonchev–Trinajstić information content (AvgIpc) is 2.46. The van der Waals surface area contributed by atoms with Crippen LogP contribution < -0.4 is 10.2 Å². The molecule has 0 unspecified atom stereocenters. The molecule has 106 valence electrons. The standard InChI is InChI=1S/C15H15ClO4/c16-13-6-2-1-4-11(13)5-3-7-19-15-10-20-12(9-17)8-14(15)18/h1-2,4,6,8,10,17H,3,5,7,9H2. The number of halogens is 1. The smallest absolute Gasteiger partial charge is 0.227 e. The summed E-state index contributed by atoms with van der Waals surface area (Å²) in [5.74, 6) is 0.375. The highest BCUT2D eigenvalue weighted by molar-refractivity contribution is 6.31. The number of benzene rings is 1. The third kappa shape index (κ3) is 3.85. The van der Waals surface area contributed by atoms with Gasteiger partial charge in [-0.1, -0.05) is 29.8 Å². The largest absolute Gasteiger partial charge is 0.487 e. The van der Waals surface area contributed by atoms with Crippen molar-refractivity contribution in [1.82, 2.24) is 0 Å². The monoisotopic (exact) mass is 294 g/mol. The highest BCUT2D eigenvalue weighted by atomic mass is 35.5. The van der Waals surface area contributed by atoms with Gasteiger partial charge in [0.25, 0.3) is 0 Å². The summed E-state index contributed by atoms with van der Waals surface area (Å²) in [4.78, 5) is 11.6. The summed E-state index contributed by atoms with van der Waals surface area (Å²) >= 11 is 6.05. The van der Waals surface area contributed by atoms with Crippen molar-refractivity contribution in [3.63, 3.8) is 0 Å². The lowest BCUT2D eigenvalue weighted by Gasteiger charge is -2.06. The summed E-state index contributed by atoms with van der Waals surface area (Å²) in [5.41, 5.74) is 0.762. The second-order valence-electron chi connectivity index (χ2n) is 4.28. The van der Waals surface area contributed by atoms with Gasteiger partial charge in [-0.05, 0) is 24.5 Å². The Hall–Kier alpha value is -1.78. The predicted molar refractivity (Wildman–Crippen MR) is 76.2 cm³/mol. The van der Waals surface area contributed by atoms with Gasteiger partial charge in [-0.2, -0.15) is 0 Å². The number of ether oxygens (including phenoxy) is 1. The van der Waals surface area contributed by atoms with Crippen molar-refractivity contribution < 1.29 is 14.3 Å². The van der Waals surface area contributed by atoms with E-state index in [1.807, 2.05) is 24.3 Å². The molecule has 0 radical (unpaired) electrons. The Bertz CT molecular complexity index is 621. The van der Waals surface area contributed by atoms with E-state index in [1.165, 1.54) is 12.3 Å². The second kappa shape index (κ2) is 7.12. The van der Waals surface area contributed by atoms with Crippen molar-refractivity contribution in [3.8, 4) is 5.75 Å². The van der Waals surface area contributed by atoms with Crippen molar-refractivity contribution in [2.75, 3.05) is 6.61 Å². The molecular formula is C15H15ClO4. The van der Waals surface area contributed by atoms with E-state index in [4.69, 9.17) is 25.9 Å². The highest BCUT2D eigenvalue weighted by Crippen LogP contribution is 2.16. The molecule has 0 amide bonds. The average molecular weight is 295 g/mol. The van der Waals surface area contributed by atoms with Crippen molar-refractivity contribution in [2.45, 2.75) is 19.4 Å². The lowest BCUT2D eigenvalue weighted by molar-refractivity contribution is 0.237. The molecule has 1 aromatic heterocycles. The SMILES string of the molecule is O=c1cc(CO)occ1OCCCc1ccccc1Cl. The first-order valence-corrected chi connectivity index (χ1v) is 6.67. The Kier molecular flexibility index (Phi) is 5.21. The Morgan fingerprint density at radius 1 is 1.30 bits per heavy atom. The lowest BCUT2D eigenvalue weighted by Crippen LogP contribution is -2.09. The second-order valence-corrected chi connectivity index (χ2v) is 4.68. The van der Waals surface area contributed by atoms with Gasteiger partial charge in [0.1, 0.15) is 18.6 Å². The molecule has 4 nitrogen and oxygen atoms in total. The summed E-state index contributed by atoms with van der Waals surface area (Å²) in [7, 11) is 0. The highest BCUT2D eigenvalue weighted by Gasteiger charge is 2.04. The maximum atomic E-state index is 11.6. The van der Waals surface area contributed by atoms with E-state index in [0.717, 1.165) is 23.4 Å². The fourth-order valence-electron chi connectivity index (χ4n) is 1.77. The molecule has 1 aromatic carbocycles. The molecule has 0 bridgehead atoms. The number of aryl methyl sites for hydroxylation is 1. The molecule has 0 aliphatic carbocycles. The van der Waals surface area contributed by atoms with Crippen molar-refractivity contribution in [2.24, 2.45) is 0 Å². The van der Waals surface area contributed by atoms with Gasteiger partial charge in [0.05, 0.1) is 6.61 Å². The van der Waals surface area contributed by atoms with Crippen LogP contribution in [0.2, 0.25) is 5.02 Å². The molecular weight excluding hydrogens is 280 g/mol. The third-order valence-corrected chi connectivity index (χ3v) is 3.18. The zero-order chi connectivity index (χ0) is 14.4. The Labute approximate surface area is 121 Å². The molecule has 2 aromatic rings. The van der Waals surface area contributed by atoms with Crippen LogP contribution in [-0.4, -0.2) is 11.7 Å². The number of aliphatic hydroxyl groups is 1. The molecule has 0 atom stereocenters. The Balaban J connectivity index is 1.85. The van der Waals surface area contributed by atoms with Crippen molar-refractivity contribution >= 4 is 11.6 Å². The van der Waals surface area contributed by atoms with Crippen LogP contribution in [0.5, 0.6) is 5.75 Å². The van der Waals surface area contributed by atoms with Gasteiger partial charge in [0.2, 0.25) is 11.2 Å². The maximum absolute atomic E-state index is 11.6. The maximum Gasteiger partial charge on any atom is 0.227 e. The molecule has 20 heavy (non-hydrogen) atoms. The van der Waals surface area contributed by atoms with E-state index in [2.05, 4.69) is 0 Å². The summed E-state index contributed by atoms with van der Waals surface area (Å²) < 4.78 is 10.4. The molecule has 0 saturated heterocycles. The van der Waals surface area contributed by atoms with Crippen LogP contribution in [0.4, 0.5) is 0 Å². The molecule has 0 spiro atoms.